The molecule has 1 aromatic rings. The van der Waals surface area contributed by atoms with Gasteiger partial charge in [0.1, 0.15) is 6.79 Å². The van der Waals surface area contributed by atoms with Crippen molar-refractivity contribution in [3.63, 3.8) is 0 Å². The topological polar surface area (TPSA) is 29.5 Å². The van der Waals surface area contributed by atoms with Crippen molar-refractivity contribution < 1.29 is 9.84 Å². The van der Waals surface area contributed by atoms with Crippen LogP contribution in [0.5, 0.6) is 0 Å². The van der Waals surface area contributed by atoms with E-state index in [2.05, 4.69) is 0 Å². The maximum Gasteiger partial charge on any atom is 0.144 e. The van der Waals surface area contributed by atoms with Crippen molar-refractivity contribution in [2.75, 3.05) is 6.79 Å². The molecule has 2 nitrogen and oxygen atoms in total. The third kappa shape index (κ3) is 2.13. The third-order valence-electron chi connectivity index (χ3n) is 0.940. The summed E-state index contributed by atoms with van der Waals surface area (Å²) in [6.07, 6.45) is 0. The van der Waals surface area contributed by atoms with E-state index in [1.165, 1.54) is 0 Å². The molecule has 0 atom stereocenters. The lowest BCUT2D eigenvalue weighted by molar-refractivity contribution is -0.0111. The van der Waals surface area contributed by atoms with Crippen molar-refractivity contribution in [3.8, 4) is 0 Å². The molecule has 0 saturated heterocycles. The second kappa shape index (κ2) is 3.61. The lowest BCUT2D eigenvalue weighted by Gasteiger charge is -1.94. The fourth-order valence-corrected chi connectivity index (χ4v) is 1.19. The van der Waals surface area contributed by atoms with Crippen LogP contribution in [0.3, 0.4) is 0 Å². The summed E-state index contributed by atoms with van der Waals surface area (Å²) in [6, 6.07) is 1.97. The summed E-state index contributed by atoms with van der Waals surface area (Å²) in [4.78, 5) is 0. The molecule has 1 aromatic heterocycles. The van der Waals surface area contributed by atoms with Crippen LogP contribution in [0, 0.1) is 0 Å². The van der Waals surface area contributed by atoms with Gasteiger partial charge in [0.2, 0.25) is 0 Å². The lowest BCUT2D eigenvalue weighted by atomic mass is 10.4. The first-order chi connectivity index (χ1) is 4.43. The number of aliphatic hydroxyl groups excluding tert-OH is 1. The molecule has 1 N–H and O–H groups in total. The maximum absolute atomic E-state index is 8.25. The summed E-state index contributed by atoms with van der Waals surface area (Å²) in [5.41, 5.74) is 1.12. The van der Waals surface area contributed by atoms with Gasteiger partial charge in [-0.1, -0.05) is 0 Å². The van der Waals surface area contributed by atoms with E-state index in [0.29, 0.717) is 6.61 Å². The van der Waals surface area contributed by atoms with Crippen LogP contribution in [-0.2, 0) is 11.3 Å². The van der Waals surface area contributed by atoms with E-state index in [0.717, 1.165) is 5.56 Å². The quantitative estimate of drug-likeness (QED) is 0.646. The van der Waals surface area contributed by atoms with Gasteiger partial charge in [-0.2, -0.15) is 11.3 Å². The van der Waals surface area contributed by atoms with Gasteiger partial charge in [0.05, 0.1) is 6.61 Å². The zero-order valence-electron chi connectivity index (χ0n) is 4.91. The molecular weight excluding hydrogens is 136 g/mol. The first-order valence-corrected chi connectivity index (χ1v) is 3.57. The molecular formula is C6H8O2S. The fourth-order valence-electron chi connectivity index (χ4n) is 0.538. The Balaban J connectivity index is 2.30. The summed E-state index contributed by atoms with van der Waals surface area (Å²) in [5.74, 6) is 0. The molecule has 0 amide bonds. The summed E-state index contributed by atoms with van der Waals surface area (Å²) in [5, 5.41) is 12.2. The Bertz CT molecular complexity index is 148. The number of hydrogen-bond donors (Lipinski definition) is 1. The van der Waals surface area contributed by atoms with E-state index in [4.69, 9.17) is 9.84 Å². The van der Waals surface area contributed by atoms with Crippen molar-refractivity contribution in [1.29, 1.82) is 0 Å². The Morgan fingerprint density at radius 3 is 3.11 bits per heavy atom. The van der Waals surface area contributed by atoms with Crippen LogP contribution < -0.4 is 0 Å². The molecule has 0 aliphatic heterocycles. The van der Waals surface area contributed by atoms with Crippen molar-refractivity contribution in [1.82, 2.24) is 0 Å². The van der Waals surface area contributed by atoms with Crippen molar-refractivity contribution in [2.45, 2.75) is 6.61 Å². The molecule has 0 aromatic carbocycles. The van der Waals surface area contributed by atoms with Gasteiger partial charge < -0.3 is 9.84 Å². The first kappa shape index (κ1) is 6.74. The second-order valence-corrected chi connectivity index (χ2v) is 2.39. The molecule has 0 bridgehead atoms. The standard InChI is InChI=1S/C6H8O2S/c7-5-8-3-6-1-2-9-4-6/h1-2,4,7H,3,5H2. The van der Waals surface area contributed by atoms with Crippen LogP contribution in [0.1, 0.15) is 5.56 Å². The van der Waals surface area contributed by atoms with Gasteiger partial charge >= 0.3 is 0 Å². The van der Waals surface area contributed by atoms with Gasteiger partial charge in [-0.05, 0) is 22.4 Å². The molecule has 0 fully saturated rings. The Morgan fingerprint density at radius 1 is 1.67 bits per heavy atom. The van der Waals surface area contributed by atoms with Crippen molar-refractivity contribution in [3.05, 3.63) is 22.4 Å². The van der Waals surface area contributed by atoms with Crippen molar-refractivity contribution in [2.24, 2.45) is 0 Å². The molecule has 0 radical (unpaired) electrons. The zero-order valence-corrected chi connectivity index (χ0v) is 5.73. The average molecular weight is 144 g/mol. The van der Waals surface area contributed by atoms with Crippen LogP contribution in [0.4, 0.5) is 0 Å². The highest BCUT2D eigenvalue weighted by molar-refractivity contribution is 7.07. The summed E-state index contributed by atoms with van der Waals surface area (Å²) in [6.45, 7) is 0.315. The summed E-state index contributed by atoms with van der Waals surface area (Å²) >= 11 is 1.63. The minimum Gasteiger partial charge on any atom is -0.371 e. The Hall–Kier alpha value is -0.380. The van der Waals surface area contributed by atoms with Crippen LogP contribution in [-0.4, -0.2) is 11.9 Å². The minimum atomic E-state index is -0.199. The van der Waals surface area contributed by atoms with E-state index >= 15 is 0 Å². The molecule has 0 unspecified atom stereocenters. The highest BCUT2D eigenvalue weighted by Gasteiger charge is 1.89. The van der Waals surface area contributed by atoms with E-state index in [9.17, 15) is 0 Å². The molecule has 0 aliphatic rings. The number of aliphatic hydroxyl groups is 1. The number of thiophene rings is 1. The molecule has 0 saturated carbocycles. The smallest absolute Gasteiger partial charge is 0.144 e. The lowest BCUT2D eigenvalue weighted by Crippen LogP contribution is -1.90. The normalized spacial score (nSPS) is 9.89. The predicted molar refractivity (Wildman–Crippen MR) is 36.2 cm³/mol. The monoisotopic (exact) mass is 144 g/mol. The van der Waals surface area contributed by atoms with Crippen molar-refractivity contribution >= 4 is 11.3 Å². The van der Waals surface area contributed by atoms with Crippen LogP contribution in [0.2, 0.25) is 0 Å². The van der Waals surface area contributed by atoms with Gasteiger partial charge in [-0.3, -0.25) is 0 Å². The van der Waals surface area contributed by atoms with Gasteiger partial charge in [0.25, 0.3) is 0 Å². The number of rotatable bonds is 3. The maximum atomic E-state index is 8.25. The van der Waals surface area contributed by atoms with E-state index in [1.807, 2.05) is 16.8 Å². The van der Waals surface area contributed by atoms with E-state index in [-0.39, 0.29) is 6.79 Å². The molecule has 0 spiro atoms. The van der Waals surface area contributed by atoms with E-state index in [1.54, 1.807) is 11.3 Å². The minimum absolute atomic E-state index is 0.199. The molecule has 3 heteroatoms. The summed E-state index contributed by atoms with van der Waals surface area (Å²) in [7, 11) is 0. The second-order valence-electron chi connectivity index (χ2n) is 1.61. The molecule has 50 valence electrons. The highest BCUT2D eigenvalue weighted by Crippen LogP contribution is 2.06. The third-order valence-corrected chi connectivity index (χ3v) is 1.67. The van der Waals surface area contributed by atoms with Crippen LogP contribution >= 0.6 is 11.3 Å². The predicted octanol–water partition coefficient (Wildman–Crippen LogP) is 1.21. The number of hydrogen-bond acceptors (Lipinski definition) is 3. The molecule has 1 rings (SSSR count). The molecule has 1 heterocycles. The first-order valence-electron chi connectivity index (χ1n) is 2.63. The molecule has 0 aliphatic carbocycles. The largest absolute Gasteiger partial charge is 0.371 e. The Kier molecular flexibility index (Phi) is 2.70. The van der Waals surface area contributed by atoms with Gasteiger partial charge in [-0.15, -0.1) is 0 Å². The van der Waals surface area contributed by atoms with Gasteiger partial charge in [0, 0.05) is 0 Å². The van der Waals surface area contributed by atoms with Gasteiger partial charge in [0.15, 0.2) is 0 Å². The zero-order chi connectivity index (χ0) is 6.53. The Morgan fingerprint density at radius 2 is 2.56 bits per heavy atom. The van der Waals surface area contributed by atoms with Gasteiger partial charge in [-0.25, -0.2) is 0 Å². The molecule has 9 heavy (non-hydrogen) atoms. The fraction of sp³-hybridized carbons (Fsp3) is 0.333. The average Bonchev–Trinajstić information content (AvgIpc) is 2.34. The SMILES string of the molecule is OCOCc1ccsc1. The van der Waals surface area contributed by atoms with E-state index < -0.39 is 0 Å². The number of ether oxygens (including phenoxy) is 1. The Labute approximate surface area is 57.7 Å². The summed E-state index contributed by atoms with van der Waals surface area (Å²) < 4.78 is 4.74. The van der Waals surface area contributed by atoms with Crippen LogP contribution in [0.15, 0.2) is 16.8 Å². The highest BCUT2D eigenvalue weighted by atomic mass is 32.1. The van der Waals surface area contributed by atoms with Crippen LogP contribution in [0.25, 0.3) is 0 Å².